The minimum atomic E-state index is -0.135. The lowest BCUT2D eigenvalue weighted by Crippen LogP contribution is -2.33. The summed E-state index contributed by atoms with van der Waals surface area (Å²) in [7, 11) is 0. The second-order valence-corrected chi connectivity index (χ2v) is 5.94. The van der Waals surface area contributed by atoms with Crippen LogP contribution in [-0.2, 0) is 4.79 Å². The van der Waals surface area contributed by atoms with Crippen LogP contribution < -0.4 is 0 Å². The molecule has 3 nitrogen and oxygen atoms in total. The number of aliphatic imine (C=N–C) groups is 1. The maximum atomic E-state index is 12.5. The zero-order chi connectivity index (χ0) is 16.1. The molecule has 1 amide bonds. The molecule has 2 aromatic rings. The molecule has 0 unspecified atom stereocenters. The average molecular weight is 306 g/mol. The van der Waals surface area contributed by atoms with Gasteiger partial charge in [0.2, 0.25) is 0 Å². The van der Waals surface area contributed by atoms with Gasteiger partial charge in [-0.1, -0.05) is 60.7 Å². The van der Waals surface area contributed by atoms with Crippen molar-refractivity contribution in [1.82, 2.24) is 4.90 Å². The number of amides is 1. The Hall–Kier alpha value is -2.42. The molecule has 118 valence electrons. The van der Waals surface area contributed by atoms with Crippen molar-refractivity contribution in [2.75, 3.05) is 13.1 Å². The summed E-state index contributed by atoms with van der Waals surface area (Å²) in [6.07, 6.45) is 2.19. The Kier molecular flexibility index (Phi) is 4.86. The highest BCUT2D eigenvalue weighted by Crippen LogP contribution is 2.26. The van der Waals surface area contributed by atoms with E-state index in [0.717, 1.165) is 37.1 Å². The van der Waals surface area contributed by atoms with Crippen LogP contribution in [-0.4, -0.2) is 29.6 Å². The maximum absolute atomic E-state index is 12.5. The molecule has 1 aliphatic heterocycles. The van der Waals surface area contributed by atoms with Gasteiger partial charge in [0.15, 0.2) is 0 Å². The van der Waals surface area contributed by atoms with Gasteiger partial charge in [-0.05, 0) is 30.9 Å². The summed E-state index contributed by atoms with van der Waals surface area (Å²) >= 11 is 0. The third-order valence-electron chi connectivity index (χ3n) is 4.26. The monoisotopic (exact) mass is 306 g/mol. The van der Waals surface area contributed by atoms with E-state index in [0.29, 0.717) is 5.71 Å². The Morgan fingerprint density at radius 1 is 0.913 bits per heavy atom. The molecule has 1 heterocycles. The molecule has 0 N–H and O–H groups in total. The zero-order valence-electron chi connectivity index (χ0n) is 13.5. The average Bonchev–Trinajstić information content (AvgIpc) is 3.15. The standard InChI is InChI=1S/C20H22N2O/c1-16(20(23)22-14-8-9-15-22)21-19(17-10-4-2-5-11-17)18-12-6-3-7-13-18/h2-7,10-13,19H,8-9,14-15H2,1H3. The highest BCUT2D eigenvalue weighted by molar-refractivity contribution is 6.37. The fourth-order valence-corrected chi connectivity index (χ4v) is 3.01. The Labute approximate surface area is 137 Å². The molecule has 0 saturated carbocycles. The van der Waals surface area contributed by atoms with E-state index in [1.165, 1.54) is 0 Å². The van der Waals surface area contributed by atoms with Gasteiger partial charge in [-0.3, -0.25) is 9.79 Å². The quantitative estimate of drug-likeness (QED) is 0.790. The molecule has 1 saturated heterocycles. The van der Waals surface area contributed by atoms with Crippen LogP contribution in [0.2, 0.25) is 0 Å². The lowest BCUT2D eigenvalue weighted by atomic mass is 9.99. The van der Waals surface area contributed by atoms with E-state index in [-0.39, 0.29) is 11.9 Å². The van der Waals surface area contributed by atoms with Crippen LogP contribution >= 0.6 is 0 Å². The Morgan fingerprint density at radius 2 is 1.39 bits per heavy atom. The van der Waals surface area contributed by atoms with Crippen molar-refractivity contribution in [2.24, 2.45) is 4.99 Å². The molecule has 1 fully saturated rings. The van der Waals surface area contributed by atoms with Crippen LogP contribution in [0.4, 0.5) is 0 Å². The Balaban J connectivity index is 1.92. The molecular formula is C20H22N2O. The zero-order valence-corrected chi connectivity index (χ0v) is 13.5. The van der Waals surface area contributed by atoms with Crippen molar-refractivity contribution in [3.8, 4) is 0 Å². The molecule has 0 atom stereocenters. The van der Waals surface area contributed by atoms with E-state index >= 15 is 0 Å². The van der Waals surface area contributed by atoms with Gasteiger partial charge >= 0.3 is 0 Å². The molecule has 3 rings (SSSR count). The normalized spacial score (nSPS) is 15.2. The van der Waals surface area contributed by atoms with E-state index in [4.69, 9.17) is 4.99 Å². The molecular weight excluding hydrogens is 284 g/mol. The van der Waals surface area contributed by atoms with Crippen LogP contribution in [0.1, 0.15) is 36.9 Å². The summed E-state index contributed by atoms with van der Waals surface area (Å²) in [4.78, 5) is 19.2. The van der Waals surface area contributed by atoms with Crippen molar-refractivity contribution < 1.29 is 4.79 Å². The van der Waals surface area contributed by atoms with Gasteiger partial charge < -0.3 is 4.90 Å². The molecule has 0 aliphatic carbocycles. The summed E-state index contributed by atoms with van der Waals surface area (Å²) in [5.74, 6) is 0.0689. The van der Waals surface area contributed by atoms with Crippen molar-refractivity contribution in [2.45, 2.75) is 25.8 Å². The Bertz CT molecular complexity index is 634. The highest BCUT2D eigenvalue weighted by atomic mass is 16.2. The van der Waals surface area contributed by atoms with E-state index in [1.54, 1.807) is 0 Å². The number of rotatable bonds is 4. The molecule has 2 aromatic carbocycles. The number of nitrogens with zero attached hydrogens (tertiary/aromatic N) is 2. The largest absolute Gasteiger partial charge is 0.338 e. The molecule has 23 heavy (non-hydrogen) atoms. The van der Waals surface area contributed by atoms with Crippen LogP contribution in [0.3, 0.4) is 0 Å². The number of hydrogen-bond donors (Lipinski definition) is 0. The summed E-state index contributed by atoms with van der Waals surface area (Å²) in [6, 6.07) is 20.2. The second-order valence-electron chi connectivity index (χ2n) is 5.94. The summed E-state index contributed by atoms with van der Waals surface area (Å²) < 4.78 is 0. The third-order valence-corrected chi connectivity index (χ3v) is 4.26. The minimum absolute atomic E-state index is 0.0689. The fourth-order valence-electron chi connectivity index (χ4n) is 3.01. The van der Waals surface area contributed by atoms with Crippen molar-refractivity contribution in [3.63, 3.8) is 0 Å². The third kappa shape index (κ3) is 3.67. The van der Waals surface area contributed by atoms with Gasteiger partial charge in [-0.15, -0.1) is 0 Å². The van der Waals surface area contributed by atoms with E-state index < -0.39 is 0 Å². The number of carbonyl (C=O) groups excluding carboxylic acids is 1. The minimum Gasteiger partial charge on any atom is -0.338 e. The first kappa shape index (κ1) is 15.5. The van der Waals surface area contributed by atoms with Gasteiger partial charge in [0, 0.05) is 13.1 Å². The summed E-state index contributed by atoms with van der Waals surface area (Å²) in [5, 5.41) is 0. The molecule has 0 aromatic heterocycles. The van der Waals surface area contributed by atoms with E-state index in [2.05, 4.69) is 24.3 Å². The number of likely N-dealkylation sites (tertiary alicyclic amines) is 1. The van der Waals surface area contributed by atoms with Gasteiger partial charge in [-0.25, -0.2) is 0 Å². The maximum Gasteiger partial charge on any atom is 0.267 e. The van der Waals surface area contributed by atoms with Crippen molar-refractivity contribution in [1.29, 1.82) is 0 Å². The van der Waals surface area contributed by atoms with Gasteiger partial charge in [0.25, 0.3) is 5.91 Å². The number of hydrogen-bond acceptors (Lipinski definition) is 2. The lowest BCUT2D eigenvalue weighted by Gasteiger charge is -2.18. The SMILES string of the molecule is CC(=NC(c1ccccc1)c1ccccc1)C(=O)N1CCCC1. The molecule has 0 spiro atoms. The number of benzene rings is 2. The Morgan fingerprint density at radius 3 is 1.87 bits per heavy atom. The smallest absolute Gasteiger partial charge is 0.267 e. The topological polar surface area (TPSA) is 32.7 Å². The molecule has 1 aliphatic rings. The summed E-state index contributed by atoms with van der Waals surface area (Å²) in [5.41, 5.74) is 2.80. The first-order valence-corrected chi connectivity index (χ1v) is 8.19. The lowest BCUT2D eigenvalue weighted by molar-refractivity contribution is -0.123. The predicted octanol–water partition coefficient (Wildman–Crippen LogP) is 3.86. The molecule has 0 bridgehead atoms. The molecule has 0 radical (unpaired) electrons. The van der Waals surface area contributed by atoms with Crippen LogP contribution in [0.5, 0.6) is 0 Å². The van der Waals surface area contributed by atoms with E-state index in [9.17, 15) is 4.79 Å². The first-order valence-electron chi connectivity index (χ1n) is 8.19. The van der Waals surface area contributed by atoms with E-state index in [1.807, 2.05) is 48.2 Å². The van der Waals surface area contributed by atoms with Crippen LogP contribution in [0.15, 0.2) is 65.7 Å². The number of carbonyl (C=O) groups is 1. The van der Waals surface area contributed by atoms with Crippen LogP contribution in [0.25, 0.3) is 0 Å². The van der Waals surface area contributed by atoms with Gasteiger partial charge in [0.05, 0.1) is 5.71 Å². The summed E-state index contributed by atoms with van der Waals surface area (Å²) in [6.45, 7) is 3.54. The first-order chi connectivity index (χ1) is 11.3. The predicted molar refractivity (Wildman–Crippen MR) is 93.7 cm³/mol. The van der Waals surface area contributed by atoms with Crippen molar-refractivity contribution in [3.05, 3.63) is 71.8 Å². The second kappa shape index (κ2) is 7.23. The van der Waals surface area contributed by atoms with Gasteiger partial charge in [-0.2, -0.15) is 0 Å². The van der Waals surface area contributed by atoms with Crippen LogP contribution in [0, 0.1) is 0 Å². The highest BCUT2D eigenvalue weighted by Gasteiger charge is 2.21. The van der Waals surface area contributed by atoms with Gasteiger partial charge in [0.1, 0.15) is 6.04 Å². The molecule has 3 heteroatoms. The van der Waals surface area contributed by atoms with Crippen molar-refractivity contribution >= 4 is 11.6 Å². The fraction of sp³-hybridized carbons (Fsp3) is 0.300.